The third kappa shape index (κ3) is 5.64. The van der Waals surface area contributed by atoms with Crippen LogP contribution in [0.2, 0.25) is 0 Å². The summed E-state index contributed by atoms with van der Waals surface area (Å²) in [7, 11) is -0.777. The molecule has 0 aliphatic carbocycles. The highest BCUT2D eigenvalue weighted by Crippen LogP contribution is 2.28. The highest BCUT2D eigenvalue weighted by atomic mass is 32.2. The van der Waals surface area contributed by atoms with Crippen molar-refractivity contribution in [3.05, 3.63) is 83.4 Å². The summed E-state index contributed by atoms with van der Waals surface area (Å²) in [5, 5.41) is 2.82. The van der Waals surface area contributed by atoms with Gasteiger partial charge in [0.15, 0.2) is 11.5 Å². The molecule has 3 aromatic carbocycles. The van der Waals surface area contributed by atoms with E-state index in [0.29, 0.717) is 23.8 Å². The molecular weight excluding hydrogens is 440 g/mol. The van der Waals surface area contributed by atoms with Crippen molar-refractivity contribution in [2.45, 2.75) is 25.3 Å². The maximum absolute atomic E-state index is 13.1. The van der Waals surface area contributed by atoms with E-state index in [2.05, 4.69) is 5.32 Å². The summed E-state index contributed by atoms with van der Waals surface area (Å²) in [5.74, 6) is 0.833. The Kier molecular flexibility index (Phi) is 7.60. The highest BCUT2D eigenvalue weighted by Gasteiger charge is 2.22. The fourth-order valence-corrected chi connectivity index (χ4v) is 4.47. The van der Waals surface area contributed by atoms with Gasteiger partial charge in [-0.05, 0) is 61.9 Å². The zero-order chi connectivity index (χ0) is 24.0. The molecule has 0 fully saturated rings. The molecule has 0 aliphatic heterocycles. The first-order chi connectivity index (χ1) is 15.8. The van der Waals surface area contributed by atoms with E-state index in [1.54, 1.807) is 43.5 Å². The molecule has 0 heterocycles. The number of carbonyl (C=O) groups excluding carboxylic acids is 1. The molecule has 7 nitrogen and oxygen atoms in total. The van der Waals surface area contributed by atoms with E-state index >= 15 is 0 Å². The molecule has 1 N–H and O–H groups in total. The number of nitrogens with zero attached hydrogens (tertiary/aromatic N) is 1. The Morgan fingerprint density at radius 1 is 1.00 bits per heavy atom. The Labute approximate surface area is 195 Å². The molecule has 0 atom stereocenters. The largest absolute Gasteiger partial charge is 0.493 e. The van der Waals surface area contributed by atoms with Crippen molar-refractivity contribution in [3.8, 4) is 11.5 Å². The summed E-state index contributed by atoms with van der Waals surface area (Å²) in [6.45, 7) is 4.59. The molecule has 174 valence electrons. The summed E-state index contributed by atoms with van der Waals surface area (Å²) in [4.78, 5) is 12.8. The zero-order valence-corrected chi connectivity index (χ0v) is 20.0. The van der Waals surface area contributed by atoms with Gasteiger partial charge in [0.05, 0.1) is 24.3 Å². The third-order valence-corrected chi connectivity index (χ3v) is 6.91. The van der Waals surface area contributed by atoms with Crippen LogP contribution >= 0.6 is 0 Å². The van der Waals surface area contributed by atoms with Gasteiger partial charge < -0.3 is 14.8 Å². The Morgan fingerprint density at radius 3 is 2.39 bits per heavy atom. The minimum Gasteiger partial charge on any atom is -0.493 e. The minimum absolute atomic E-state index is 0.0426. The molecule has 1 amide bonds. The standard InChI is InChI=1S/C25H28N2O5S/c1-5-32-23-14-11-19(15-24(23)31-4)17-26-25(28)20-7-6-8-22(16-20)33(29,30)27(3)21-12-9-18(2)10-13-21/h6-16H,5,17H2,1-4H3,(H,26,28). The lowest BCUT2D eigenvalue weighted by molar-refractivity contribution is 0.0950. The van der Waals surface area contributed by atoms with E-state index in [1.807, 2.05) is 32.0 Å². The third-order valence-electron chi connectivity index (χ3n) is 5.13. The van der Waals surface area contributed by atoms with E-state index in [0.717, 1.165) is 11.1 Å². The van der Waals surface area contributed by atoms with Crippen LogP contribution in [0.5, 0.6) is 11.5 Å². The Hall–Kier alpha value is -3.52. The van der Waals surface area contributed by atoms with E-state index < -0.39 is 10.0 Å². The first-order valence-corrected chi connectivity index (χ1v) is 11.9. The zero-order valence-electron chi connectivity index (χ0n) is 19.2. The first kappa shape index (κ1) is 24.1. The van der Waals surface area contributed by atoms with Crippen LogP contribution in [0.15, 0.2) is 71.6 Å². The Bertz CT molecular complexity index is 1220. The SMILES string of the molecule is CCOc1ccc(CNC(=O)c2cccc(S(=O)(=O)N(C)c3ccc(C)cc3)c2)cc1OC. The van der Waals surface area contributed by atoms with Crippen molar-refractivity contribution in [3.63, 3.8) is 0 Å². The molecule has 0 unspecified atom stereocenters. The second-order valence-corrected chi connectivity index (χ2v) is 9.41. The molecule has 0 aromatic heterocycles. The van der Waals surface area contributed by atoms with Gasteiger partial charge in [-0.15, -0.1) is 0 Å². The number of rotatable bonds is 9. The van der Waals surface area contributed by atoms with Crippen LogP contribution in [-0.2, 0) is 16.6 Å². The van der Waals surface area contributed by atoms with Gasteiger partial charge in [0.2, 0.25) is 0 Å². The maximum atomic E-state index is 13.1. The fourth-order valence-electron chi connectivity index (χ4n) is 3.23. The number of benzene rings is 3. The number of ether oxygens (including phenoxy) is 2. The number of sulfonamides is 1. The molecular formula is C25H28N2O5S. The normalized spacial score (nSPS) is 11.0. The number of methoxy groups -OCH3 is 1. The van der Waals surface area contributed by atoms with Crippen LogP contribution in [0.25, 0.3) is 0 Å². The molecule has 33 heavy (non-hydrogen) atoms. The van der Waals surface area contributed by atoms with Crippen molar-refractivity contribution >= 4 is 21.6 Å². The van der Waals surface area contributed by atoms with E-state index in [-0.39, 0.29) is 22.9 Å². The molecule has 0 bridgehead atoms. The van der Waals surface area contributed by atoms with Crippen LogP contribution in [0, 0.1) is 6.92 Å². The molecule has 0 radical (unpaired) electrons. The van der Waals surface area contributed by atoms with Crippen molar-refractivity contribution in [2.75, 3.05) is 25.1 Å². The Balaban J connectivity index is 1.75. The second kappa shape index (κ2) is 10.4. The average Bonchev–Trinajstić information content (AvgIpc) is 2.83. The van der Waals surface area contributed by atoms with Gasteiger partial charge in [-0.25, -0.2) is 8.42 Å². The van der Waals surface area contributed by atoms with Crippen LogP contribution < -0.4 is 19.1 Å². The van der Waals surface area contributed by atoms with E-state index in [4.69, 9.17) is 9.47 Å². The number of aryl methyl sites for hydroxylation is 1. The van der Waals surface area contributed by atoms with Crippen LogP contribution in [0.1, 0.15) is 28.4 Å². The quantitative estimate of drug-likeness (QED) is 0.510. The predicted molar refractivity (Wildman–Crippen MR) is 129 cm³/mol. The Morgan fingerprint density at radius 2 is 1.73 bits per heavy atom. The van der Waals surface area contributed by atoms with Gasteiger partial charge in [0.25, 0.3) is 15.9 Å². The van der Waals surface area contributed by atoms with Crippen molar-refractivity contribution in [1.29, 1.82) is 0 Å². The fraction of sp³-hybridized carbons (Fsp3) is 0.240. The van der Waals surface area contributed by atoms with Crippen molar-refractivity contribution in [2.24, 2.45) is 0 Å². The molecule has 3 aromatic rings. The summed E-state index contributed by atoms with van der Waals surface area (Å²) < 4.78 is 38.2. The number of anilines is 1. The second-order valence-electron chi connectivity index (χ2n) is 7.44. The summed E-state index contributed by atoms with van der Waals surface area (Å²) in [6.07, 6.45) is 0. The maximum Gasteiger partial charge on any atom is 0.264 e. The van der Waals surface area contributed by atoms with Gasteiger partial charge in [-0.2, -0.15) is 0 Å². The van der Waals surface area contributed by atoms with Crippen LogP contribution in [-0.4, -0.2) is 35.1 Å². The van der Waals surface area contributed by atoms with Gasteiger partial charge in [-0.3, -0.25) is 9.10 Å². The number of hydrogen-bond donors (Lipinski definition) is 1. The number of amides is 1. The van der Waals surface area contributed by atoms with Crippen LogP contribution in [0.4, 0.5) is 5.69 Å². The molecule has 8 heteroatoms. The van der Waals surface area contributed by atoms with E-state index in [9.17, 15) is 13.2 Å². The van der Waals surface area contributed by atoms with Gasteiger partial charge in [0, 0.05) is 19.2 Å². The molecule has 0 aliphatic rings. The summed E-state index contributed by atoms with van der Waals surface area (Å²) in [5.41, 5.74) is 2.66. The number of nitrogens with one attached hydrogen (secondary N) is 1. The highest BCUT2D eigenvalue weighted by molar-refractivity contribution is 7.92. The minimum atomic E-state index is -3.82. The topological polar surface area (TPSA) is 84.9 Å². The van der Waals surface area contributed by atoms with Crippen LogP contribution in [0.3, 0.4) is 0 Å². The smallest absolute Gasteiger partial charge is 0.264 e. The molecule has 0 spiro atoms. The number of carbonyl (C=O) groups is 1. The summed E-state index contributed by atoms with van der Waals surface area (Å²) in [6, 6.07) is 18.6. The first-order valence-electron chi connectivity index (χ1n) is 10.5. The lowest BCUT2D eigenvalue weighted by Crippen LogP contribution is -2.27. The lowest BCUT2D eigenvalue weighted by Gasteiger charge is -2.20. The van der Waals surface area contributed by atoms with Crippen molar-refractivity contribution in [1.82, 2.24) is 5.32 Å². The van der Waals surface area contributed by atoms with Gasteiger partial charge in [0.1, 0.15) is 0 Å². The van der Waals surface area contributed by atoms with Gasteiger partial charge in [-0.1, -0.05) is 29.8 Å². The molecule has 0 saturated carbocycles. The molecule has 0 saturated heterocycles. The monoisotopic (exact) mass is 468 g/mol. The number of hydrogen-bond acceptors (Lipinski definition) is 5. The molecule has 3 rings (SSSR count). The van der Waals surface area contributed by atoms with Gasteiger partial charge >= 0.3 is 0 Å². The van der Waals surface area contributed by atoms with E-state index in [1.165, 1.54) is 23.5 Å². The lowest BCUT2D eigenvalue weighted by atomic mass is 10.1. The van der Waals surface area contributed by atoms with Crippen molar-refractivity contribution < 1.29 is 22.7 Å². The summed E-state index contributed by atoms with van der Waals surface area (Å²) >= 11 is 0. The predicted octanol–water partition coefficient (Wildman–Crippen LogP) is 4.16. The average molecular weight is 469 g/mol.